The molecule has 1 aromatic heterocycles. The minimum absolute atomic E-state index is 0.0635. The molecule has 2 N–H and O–H groups in total. The quantitative estimate of drug-likeness (QED) is 0.285. The van der Waals surface area contributed by atoms with E-state index in [0.29, 0.717) is 41.8 Å². The second kappa shape index (κ2) is 13.1. The number of aromatic nitrogens is 1. The Morgan fingerprint density at radius 1 is 0.821 bits per heavy atom. The van der Waals surface area contributed by atoms with Crippen molar-refractivity contribution in [1.29, 1.82) is 0 Å². The van der Waals surface area contributed by atoms with Gasteiger partial charge in [-0.1, -0.05) is 72.3 Å². The largest absolute Gasteiger partial charge is 0.481 e. The molecule has 0 atom stereocenters. The fourth-order valence-electron chi connectivity index (χ4n) is 4.43. The first-order valence-electron chi connectivity index (χ1n) is 12.9. The van der Waals surface area contributed by atoms with Crippen LogP contribution in [0.2, 0.25) is 0 Å². The molecule has 0 aliphatic rings. The van der Waals surface area contributed by atoms with Crippen LogP contribution in [0.25, 0.3) is 11.1 Å². The summed E-state index contributed by atoms with van der Waals surface area (Å²) in [5, 5.41) is 12.3. The van der Waals surface area contributed by atoms with Crippen LogP contribution in [-0.2, 0) is 17.8 Å². The predicted octanol–water partition coefficient (Wildman–Crippen LogP) is 5.15. The average Bonchev–Trinajstić information content (AvgIpc) is 2.96. The number of carbonyl (C=O) groups excluding carboxylic acids is 2. The SMILES string of the molecule is Cc1cccc(CNC(=O)c2ccccc2-c2ccccc2C(=O)N(CCC(=O)O)CCc2ccccn2)c1. The molecule has 0 fully saturated rings. The molecule has 0 unspecified atom stereocenters. The van der Waals surface area contributed by atoms with Gasteiger partial charge < -0.3 is 15.3 Å². The number of benzene rings is 3. The van der Waals surface area contributed by atoms with E-state index in [1.54, 1.807) is 35.4 Å². The average molecular weight is 522 g/mol. The molecule has 1 heterocycles. The number of hydrogen-bond donors (Lipinski definition) is 2. The standard InChI is InChI=1S/C32H31N3O4/c1-23-9-8-10-24(21-23)22-34-31(38)28-14-4-2-12-26(28)27-13-3-5-15-29(27)32(39)35(20-17-30(36)37)19-16-25-11-6-7-18-33-25/h2-15,18,21H,16-17,19-20,22H2,1H3,(H,34,38)(H,36,37). The highest BCUT2D eigenvalue weighted by Crippen LogP contribution is 2.28. The Kier molecular flexibility index (Phi) is 9.19. The Balaban J connectivity index is 1.60. The minimum Gasteiger partial charge on any atom is -0.481 e. The monoisotopic (exact) mass is 521 g/mol. The second-order valence-corrected chi connectivity index (χ2v) is 9.27. The molecule has 0 radical (unpaired) electrons. The molecule has 39 heavy (non-hydrogen) atoms. The summed E-state index contributed by atoms with van der Waals surface area (Å²) in [6.45, 7) is 2.76. The highest BCUT2D eigenvalue weighted by Gasteiger charge is 2.22. The number of amides is 2. The number of aliphatic carboxylic acids is 1. The Morgan fingerprint density at radius 3 is 2.21 bits per heavy atom. The third-order valence-corrected chi connectivity index (χ3v) is 6.40. The van der Waals surface area contributed by atoms with Crippen molar-refractivity contribution in [2.75, 3.05) is 13.1 Å². The van der Waals surface area contributed by atoms with Gasteiger partial charge in [-0.25, -0.2) is 0 Å². The van der Waals surface area contributed by atoms with E-state index in [1.807, 2.05) is 73.7 Å². The first-order chi connectivity index (χ1) is 18.9. The Labute approximate surface area is 228 Å². The molecule has 2 amide bonds. The lowest BCUT2D eigenvalue weighted by Crippen LogP contribution is -2.35. The van der Waals surface area contributed by atoms with E-state index in [9.17, 15) is 19.5 Å². The van der Waals surface area contributed by atoms with E-state index in [-0.39, 0.29) is 24.8 Å². The van der Waals surface area contributed by atoms with Crippen molar-refractivity contribution in [3.63, 3.8) is 0 Å². The molecule has 3 aromatic carbocycles. The predicted molar refractivity (Wildman–Crippen MR) is 150 cm³/mol. The highest BCUT2D eigenvalue weighted by atomic mass is 16.4. The number of rotatable bonds is 11. The van der Waals surface area contributed by atoms with Crippen LogP contribution in [0.4, 0.5) is 0 Å². The zero-order valence-corrected chi connectivity index (χ0v) is 21.8. The van der Waals surface area contributed by atoms with E-state index in [1.165, 1.54) is 0 Å². The first kappa shape index (κ1) is 27.3. The fourth-order valence-corrected chi connectivity index (χ4v) is 4.43. The van der Waals surface area contributed by atoms with E-state index < -0.39 is 5.97 Å². The summed E-state index contributed by atoms with van der Waals surface area (Å²) in [6.07, 6.45) is 2.01. The van der Waals surface area contributed by atoms with Gasteiger partial charge in [-0.3, -0.25) is 19.4 Å². The fraction of sp³-hybridized carbons (Fsp3) is 0.188. The molecule has 4 aromatic rings. The van der Waals surface area contributed by atoms with E-state index in [0.717, 1.165) is 16.8 Å². The van der Waals surface area contributed by atoms with E-state index in [2.05, 4.69) is 10.3 Å². The highest BCUT2D eigenvalue weighted by molar-refractivity contribution is 6.06. The van der Waals surface area contributed by atoms with Crippen molar-refractivity contribution in [2.24, 2.45) is 0 Å². The smallest absolute Gasteiger partial charge is 0.305 e. The molecule has 7 heteroatoms. The number of nitrogens with one attached hydrogen (secondary N) is 1. The maximum Gasteiger partial charge on any atom is 0.305 e. The summed E-state index contributed by atoms with van der Waals surface area (Å²) in [6, 6.07) is 27.8. The third-order valence-electron chi connectivity index (χ3n) is 6.40. The summed E-state index contributed by atoms with van der Waals surface area (Å²) in [5.74, 6) is -1.51. The van der Waals surface area contributed by atoms with Crippen molar-refractivity contribution in [1.82, 2.24) is 15.2 Å². The molecule has 0 saturated carbocycles. The summed E-state index contributed by atoms with van der Waals surface area (Å²) in [4.78, 5) is 44.3. The van der Waals surface area contributed by atoms with E-state index >= 15 is 0 Å². The number of hydrogen-bond acceptors (Lipinski definition) is 4. The molecule has 0 bridgehead atoms. The Morgan fingerprint density at radius 2 is 1.51 bits per heavy atom. The van der Waals surface area contributed by atoms with Crippen molar-refractivity contribution >= 4 is 17.8 Å². The maximum absolute atomic E-state index is 13.8. The topological polar surface area (TPSA) is 99.6 Å². The van der Waals surface area contributed by atoms with Gasteiger partial charge in [0.05, 0.1) is 6.42 Å². The van der Waals surface area contributed by atoms with Crippen LogP contribution < -0.4 is 5.32 Å². The summed E-state index contributed by atoms with van der Waals surface area (Å²) < 4.78 is 0. The van der Waals surface area contributed by atoms with Gasteiger partial charge in [-0.05, 0) is 47.9 Å². The molecule has 0 aliphatic carbocycles. The van der Waals surface area contributed by atoms with Crippen molar-refractivity contribution in [3.8, 4) is 11.1 Å². The van der Waals surface area contributed by atoms with Gasteiger partial charge in [0.25, 0.3) is 11.8 Å². The molecule has 0 spiro atoms. The van der Waals surface area contributed by atoms with Crippen LogP contribution in [0, 0.1) is 6.92 Å². The Bertz CT molecular complexity index is 1450. The normalized spacial score (nSPS) is 10.6. The number of carbonyl (C=O) groups is 3. The minimum atomic E-state index is -0.977. The first-order valence-corrected chi connectivity index (χ1v) is 12.9. The molecule has 0 aliphatic heterocycles. The number of carboxylic acids is 1. The molecule has 0 saturated heterocycles. The van der Waals surface area contributed by atoms with Crippen LogP contribution in [0.15, 0.2) is 97.2 Å². The zero-order valence-electron chi connectivity index (χ0n) is 21.8. The van der Waals surface area contributed by atoms with Crippen molar-refractivity contribution in [3.05, 3.63) is 125 Å². The van der Waals surface area contributed by atoms with Gasteiger partial charge in [0.2, 0.25) is 0 Å². The lowest BCUT2D eigenvalue weighted by atomic mass is 9.94. The van der Waals surface area contributed by atoms with E-state index in [4.69, 9.17) is 0 Å². The van der Waals surface area contributed by atoms with Gasteiger partial charge in [0.1, 0.15) is 0 Å². The zero-order chi connectivity index (χ0) is 27.6. The van der Waals surface area contributed by atoms with Crippen LogP contribution in [0.3, 0.4) is 0 Å². The Hall–Kier alpha value is -4.78. The van der Waals surface area contributed by atoms with Crippen LogP contribution in [0.1, 0.15) is 44.0 Å². The number of carboxylic acid groups (broad SMARTS) is 1. The second-order valence-electron chi connectivity index (χ2n) is 9.27. The lowest BCUT2D eigenvalue weighted by Gasteiger charge is -2.24. The maximum atomic E-state index is 13.8. The van der Waals surface area contributed by atoms with Gasteiger partial charge in [0, 0.05) is 49.1 Å². The number of aryl methyl sites for hydroxylation is 1. The molecular weight excluding hydrogens is 490 g/mol. The van der Waals surface area contributed by atoms with Gasteiger partial charge in [-0.2, -0.15) is 0 Å². The molecule has 4 rings (SSSR count). The van der Waals surface area contributed by atoms with Crippen LogP contribution in [0.5, 0.6) is 0 Å². The summed E-state index contributed by atoms with van der Waals surface area (Å²) in [7, 11) is 0. The van der Waals surface area contributed by atoms with Gasteiger partial charge in [-0.15, -0.1) is 0 Å². The number of nitrogens with zero attached hydrogens (tertiary/aromatic N) is 2. The molecular formula is C32H31N3O4. The summed E-state index contributed by atoms with van der Waals surface area (Å²) in [5.41, 5.74) is 5.03. The van der Waals surface area contributed by atoms with Gasteiger partial charge in [0.15, 0.2) is 0 Å². The molecule has 198 valence electrons. The lowest BCUT2D eigenvalue weighted by molar-refractivity contribution is -0.137. The number of pyridine rings is 1. The van der Waals surface area contributed by atoms with Crippen LogP contribution >= 0.6 is 0 Å². The van der Waals surface area contributed by atoms with Crippen molar-refractivity contribution in [2.45, 2.75) is 26.3 Å². The van der Waals surface area contributed by atoms with Gasteiger partial charge >= 0.3 is 5.97 Å². The molecule has 7 nitrogen and oxygen atoms in total. The third kappa shape index (κ3) is 7.38. The van der Waals surface area contributed by atoms with Crippen molar-refractivity contribution < 1.29 is 19.5 Å². The van der Waals surface area contributed by atoms with Crippen LogP contribution in [-0.4, -0.2) is 45.9 Å². The summed E-state index contributed by atoms with van der Waals surface area (Å²) >= 11 is 0.